The molecule has 0 radical (unpaired) electrons. The lowest BCUT2D eigenvalue weighted by atomic mass is 10.0. The molecule has 0 atom stereocenters. The van der Waals surface area contributed by atoms with Crippen LogP contribution >= 0.6 is 0 Å². The van der Waals surface area contributed by atoms with Crippen LogP contribution in [0.1, 0.15) is 36.2 Å². The van der Waals surface area contributed by atoms with Crippen LogP contribution in [0.4, 0.5) is 11.5 Å². The Kier molecular flexibility index (Phi) is 6.99. The molecule has 0 fully saturated rings. The van der Waals surface area contributed by atoms with Crippen molar-refractivity contribution in [2.24, 2.45) is 0 Å². The van der Waals surface area contributed by atoms with E-state index in [1.54, 1.807) is 0 Å². The Morgan fingerprint density at radius 1 is 1.19 bits per heavy atom. The van der Waals surface area contributed by atoms with Crippen molar-refractivity contribution < 1.29 is 0 Å². The van der Waals surface area contributed by atoms with E-state index in [0.29, 0.717) is 17.4 Å². The van der Waals surface area contributed by atoms with Gasteiger partial charge in [-0.2, -0.15) is 5.26 Å². The van der Waals surface area contributed by atoms with Gasteiger partial charge in [0.25, 0.3) is 0 Å². The van der Waals surface area contributed by atoms with Gasteiger partial charge < -0.3 is 16.0 Å². The molecule has 138 valence electrons. The highest BCUT2D eigenvalue weighted by Gasteiger charge is 2.07. The number of likely N-dealkylation sites (N-methyl/N-ethyl adjacent to an activating group) is 1. The average Bonchev–Trinajstić information content (AvgIpc) is 2.58. The van der Waals surface area contributed by atoms with Crippen molar-refractivity contribution in [3.63, 3.8) is 0 Å². The van der Waals surface area contributed by atoms with Crippen LogP contribution in [0.3, 0.4) is 0 Å². The van der Waals surface area contributed by atoms with Crippen molar-refractivity contribution in [2.45, 2.75) is 39.7 Å². The number of rotatable bonds is 8. The molecule has 5 nitrogen and oxygen atoms in total. The monoisotopic (exact) mass is 351 g/mol. The highest BCUT2D eigenvalue weighted by molar-refractivity contribution is 5.54. The van der Waals surface area contributed by atoms with Crippen LogP contribution < -0.4 is 16.0 Å². The van der Waals surface area contributed by atoms with Crippen molar-refractivity contribution in [3.05, 3.63) is 52.7 Å². The molecule has 3 N–H and O–H groups in total. The standard InChI is InChI=1S/C21H29N5/c1-15(2)24-7-8-26(4)20-12-17(11-18(13-20)14-22)5-6-19-9-16(3)10-21(23)25-19/h9-13,15,24H,5-8H2,1-4H3,(H2,23,25). The molecule has 0 saturated carbocycles. The van der Waals surface area contributed by atoms with Gasteiger partial charge in [-0.15, -0.1) is 0 Å². The Morgan fingerprint density at radius 2 is 1.96 bits per heavy atom. The predicted molar refractivity (Wildman–Crippen MR) is 108 cm³/mol. The maximum absolute atomic E-state index is 9.37. The number of hydrogen-bond donors (Lipinski definition) is 2. The second kappa shape index (κ2) is 9.21. The summed E-state index contributed by atoms with van der Waals surface area (Å²) in [5.74, 6) is 0.559. The van der Waals surface area contributed by atoms with Crippen LogP contribution in [0, 0.1) is 18.3 Å². The van der Waals surface area contributed by atoms with E-state index in [9.17, 15) is 5.26 Å². The van der Waals surface area contributed by atoms with Crippen molar-refractivity contribution in [3.8, 4) is 6.07 Å². The van der Waals surface area contributed by atoms with Crippen LogP contribution in [-0.2, 0) is 12.8 Å². The Morgan fingerprint density at radius 3 is 2.62 bits per heavy atom. The minimum absolute atomic E-state index is 0.471. The number of nitrogen functional groups attached to an aromatic ring is 1. The van der Waals surface area contributed by atoms with Gasteiger partial charge in [0, 0.05) is 37.6 Å². The van der Waals surface area contributed by atoms with Crippen LogP contribution in [0.5, 0.6) is 0 Å². The normalized spacial score (nSPS) is 10.8. The van der Waals surface area contributed by atoms with E-state index in [0.717, 1.165) is 48.4 Å². The summed E-state index contributed by atoms with van der Waals surface area (Å²) in [7, 11) is 2.06. The van der Waals surface area contributed by atoms with Gasteiger partial charge in [0.15, 0.2) is 0 Å². The number of nitrogens with zero attached hydrogens (tertiary/aromatic N) is 3. The Bertz CT molecular complexity index is 756. The van der Waals surface area contributed by atoms with E-state index in [1.165, 1.54) is 0 Å². The first-order valence-electron chi connectivity index (χ1n) is 9.09. The van der Waals surface area contributed by atoms with Crippen molar-refractivity contribution in [1.29, 1.82) is 5.26 Å². The molecule has 0 aliphatic rings. The van der Waals surface area contributed by atoms with Gasteiger partial charge >= 0.3 is 0 Å². The summed E-state index contributed by atoms with van der Waals surface area (Å²) in [5, 5.41) is 12.8. The van der Waals surface area contributed by atoms with E-state index in [-0.39, 0.29) is 0 Å². The fourth-order valence-corrected chi connectivity index (χ4v) is 2.92. The van der Waals surface area contributed by atoms with Crippen LogP contribution in [-0.4, -0.2) is 31.2 Å². The highest BCUT2D eigenvalue weighted by Crippen LogP contribution is 2.20. The molecule has 1 heterocycles. The molecule has 0 spiro atoms. The minimum atomic E-state index is 0.471. The Balaban J connectivity index is 2.09. The maximum Gasteiger partial charge on any atom is 0.123 e. The summed E-state index contributed by atoms with van der Waals surface area (Å²) in [6.07, 6.45) is 1.63. The quantitative estimate of drug-likeness (QED) is 0.764. The third-order valence-corrected chi connectivity index (χ3v) is 4.26. The summed E-state index contributed by atoms with van der Waals surface area (Å²) in [6, 6.07) is 12.8. The molecule has 1 aromatic carbocycles. The summed E-state index contributed by atoms with van der Waals surface area (Å²) >= 11 is 0. The molecule has 26 heavy (non-hydrogen) atoms. The number of pyridine rings is 1. The number of aryl methyl sites for hydroxylation is 3. The Hall–Kier alpha value is -2.58. The smallest absolute Gasteiger partial charge is 0.123 e. The minimum Gasteiger partial charge on any atom is -0.384 e. The zero-order chi connectivity index (χ0) is 19.1. The fraction of sp³-hybridized carbons (Fsp3) is 0.429. The molecule has 2 rings (SSSR count). The number of aromatic nitrogens is 1. The van der Waals surface area contributed by atoms with Gasteiger partial charge in [0.05, 0.1) is 11.6 Å². The van der Waals surface area contributed by atoms with Crippen molar-refractivity contribution in [1.82, 2.24) is 10.3 Å². The zero-order valence-electron chi connectivity index (χ0n) is 16.2. The van der Waals surface area contributed by atoms with E-state index in [4.69, 9.17) is 5.73 Å². The number of benzene rings is 1. The first-order chi connectivity index (χ1) is 12.4. The van der Waals surface area contributed by atoms with Crippen LogP contribution in [0.25, 0.3) is 0 Å². The number of hydrogen-bond acceptors (Lipinski definition) is 5. The highest BCUT2D eigenvalue weighted by atomic mass is 15.1. The van der Waals surface area contributed by atoms with Crippen molar-refractivity contribution >= 4 is 11.5 Å². The first-order valence-corrected chi connectivity index (χ1v) is 9.09. The molecule has 0 bridgehead atoms. The molecule has 0 amide bonds. The van der Waals surface area contributed by atoms with E-state index < -0.39 is 0 Å². The molecule has 1 aromatic heterocycles. The molecule has 0 unspecified atom stereocenters. The molecule has 5 heteroatoms. The summed E-state index contributed by atoms with van der Waals surface area (Å²) in [4.78, 5) is 6.58. The molecule has 0 aliphatic carbocycles. The molecule has 0 aliphatic heterocycles. The number of nitriles is 1. The predicted octanol–water partition coefficient (Wildman–Crippen LogP) is 3.06. The van der Waals surface area contributed by atoms with E-state index in [1.807, 2.05) is 25.1 Å². The van der Waals surface area contributed by atoms with Gasteiger partial charge in [0.1, 0.15) is 5.82 Å². The third-order valence-electron chi connectivity index (χ3n) is 4.26. The second-order valence-electron chi connectivity index (χ2n) is 7.09. The molecule has 0 saturated heterocycles. The third kappa shape index (κ3) is 6.05. The fourth-order valence-electron chi connectivity index (χ4n) is 2.92. The number of anilines is 2. The average molecular weight is 351 g/mol. The molecule has 2 aromatic rings. The van der Waals surface area contributed by atoms with Gasteiger partial charge in [-0.25, -0.2) is 4.98 Å². The van der Waals surface area contributed by atoms with Gasteiger partial charge in [0.2, 0.25) is 0 Å². The van der Waals surface area contributed by atoms with Crippen LogP contribution in [0.2, 0.25) is 0 Å². The Labute approximate surface area is 156 Å². The van der Waals surface area contributed by atoms with E-state index in [2.05, 4.69) is 54.3 Å². The summed E-state index contributed by atoms with van der Waals surface area (Å²) in [5.41, 5.74) is 10.9. The largest absolute Gasteiger partial charge is 0.384 e. The van der Waals surface area contributed by atoms with E-state index >= 15 is 0 Å². The maximum atomic E-state index is 9.37. The lowest BCUT2D eigenvalue weighted by Crippen LogP contribution is -2.32. The van der Waals surface area contributed by atoms with Gasteiger partial charge in [-0.3, -0.25) is 0 Å². The lowest BCUT2D eigenvalue weighted by molar-refractivity contribution is 0.589. The second-order valence-corrected chi connectivity index (χ2v) is 7.09. The number of nitrogens with two attached hydrogens (primary N) is 1. The summed E-state index contributed by atoms with van der Waals surface area (Å²) in [6.45, 7) is 8.10. The molecular formula is C21H29N5. The van der Waals surface area contributed by atoms with Gasteiger partial charge in [-0.05, 0) is 61.2 Å². The summed E-state index contributed by atoms with van der Waals surface area (Å²) < 4.78 is 0. The topological polar surface area (TPSA) is 78.0 Å². The lowest BCUT2D eigenvalue weighted by Gasteiger charge is -2.21. The molecular weight excluding hydrogens is 322 g/mol. The number of nitrogens with one attached hydrogen (secondary N) is 1. The first kappa shape index (κ1) is 19.7. The van der Waals surface area contributed by atoms with Gasteiger partial charge in [-0.1, -0.05) is 13.8 Å². The zero-order valence-corrected chi connectivity index (χ0v) is 16.2. The van der Waals surface area contributed by atoms with Crippen LogP contribution in [0.15, 0.2) is 30.3 Å². The SMILES string of the molecule is Cc1cc(N)nc(CCc2cc(C#N)cc(N(C)CCNC(C)C)c2)c1. The van der Waals surface area contributed by atoms with Crippen molar-refractivity contribution in [2.75, 3.05) is 30.8 Å².